The first-order chi connectivity index (χ1) is 17.6. The van der Waals surface area contributed by atoms with Crippen molar-refractivity contribution in [3.8, 4) is 5.75 Å². The molecule has 2 aliphatic heterocycles. The summed E-state index contributed by atoms with van der Waals surface area (Å²) >= 11 is 0. The van der Waals surface area contributed by atoms with Crippen LogP contribution in [0.1, 0.15) is 52.0 Å². The van der Waals surface area contributed by atoms with Crippen LogP contribution in [0.2, 0.25) is 0 Å². The molecule has 2 aliphatic rings. The van der Waals surface area contributed by atoms with Crippen molar-refractivity contribution in [3.05, 3.63) is 63.1 Å². The summed E-state index contributed by atoms with van der Waals surface area (Å²) in [7, 11) is 0. The van der Waals surface area contributed by atoms with Gasteiger partial charge in [0, 0.05) is 33.1 Å². The number of carbonyl (C=O) groups excluding carboxylic acids is 2. The number of halogens is 2. The summed E-state index contributed by atoms with van der Waals surface area (Å²) in [6.07, 6.45) is -5.95. The average molecular weight is 428 g/mol. The Bertz CT molecular complexity index is 1490. The standard InChI is InChI=1S/C20H19F2N3O5/c1-10-4-5-30-15-9-24-8-13(17(26)18(27)16(24)20(29)25(10)15)19(28)23-7-11-2-3-12(21)6-14(11)22/h2-3,6,8,10,15,27H,4-5,7,9H2,1H3,(H,23,28)/t10-,15+/m1/s1/i4D2,5D2,7D2,9D2,15D. The SMILES string of the molecule is [2H]C([2H])(NC(=O)c1cn2c(c(O)c1=O)C(=O)N1[C@H](C)C([2H])([2H])C([2H])([2H])O[C@@]1([2H])C2([2H])[2H])c1ccc(F)cc1F. The minimum Gasteiger partial charge on any atom is -0.503 e. The molecule has 10 heteroatoms. The van der Waals surface area contributed by atoms with Crippen LogP contribution in [-0.4, -0.2) is 45.2 Å². The monoisotopic (exact) mass is 428 g/mol. The van der Waals surface area contributed by atoms with E-state index in [0.29, 0.717) is 24.4 Å². The van der Waals surface area contributed by atoms with Crippen LogP contribution >= 0.6 is 0 Å². The molecule has 0 aliphatic carbocycles. The van der Waals surface area contributed by atoms with Gasteiger partial charge in [-0.1, -0.05) is 6.07 Å². The summed E-state index contributed by atoms with van der Waals surface area (Å²) in [5, 5.41) is 12.2. The second-order valence-corrected chi connectivity index (χ2v) is 6.26. The summed E-state index contributed by atoms with van der Waals surface area (Å²) in [6.45, 7) is -8.80. The highest BCUT2D eigenvalue weighted by Crippen LogP contribution is 2.29. The molecule has 2 atom stereocenters. The zero-order chi connectivity index (χ0) is 29.7. The molecular formula is C20H19F2N3O5. The van der Waals surface area contributed by atoms with Crippen molar-refractivity contribution in [2.75, 3.05) is 6.56 Å². The Balaban J connectivity index is 1.86. The quantitative estimate of drug-likeness (QED) is 0.769. The van der Waals surface area contributed by atoms with Gasteiger partial charge < -0.3 is 24.6 Å². The predicted octanol–water partition coefficient (Wildman–Crippen LogP) is 1.35. The molecule has 0 saturated carbocycles. The third-order valence-electron chi connectivity index (χ3n) is 4.33. The van der Waals surface area contributed by atoms with E-state index in [4.69, 9.17) is 17.1 Å². The summed E-state index contributed by atoms with van der Waals surface area (Å²) in [5.41, 5.74) is -4.73. The first-order valence-electron chi connectivity index (χ1n) is 12.9. The number of hydrogen-bond acceptors (Lipinski definition) is 5. The molecule has 3 heterocycles. The van der Waals surface area contributed by atoms with Gasteiger partial charge in [-0.2, -0.15) is 0 Å². The Labute approximate surface area is 182 Å². The van der Waals surface area contributed by atoms with Gasteiger partial charge in [-0.3, -0.25) is 14.4 Å². The highest BCUT2D eigenvalue weighted by atomic mass is 19.1. The van der Waals surface area contributed by atoms with Gasteiger partial charge in [-0.05, 0) is 19.4 Å². The second kappa shape index (κ2) is 7.52. The lowest BCUT2D eigenvalue weighted by Gasteiger charge is -2.44. The Morgan fingerprint density at radius 2 is 2.23 bits per heavy atom. The molecule has 1 aromatic carbocycles. The van der Waals surface area contributed by atoms with Gasteiger partial charge in [0.15, 0.2) is 17.6 Å². The smallest absolute Gasteiger partial charge is 0.276 e. The highest BCUT2D eigenvalue weighted by molar-refractivity contribution is 5.99. The van der Waals surface area contributed by atoms with Gasteiger partial charge in [0.2, 0.25) is 5.43 Å². The van der Waals surface area contributed by atoms with Crippen molar-refractivity contribution in [1.82, 2.24) is 14.8 Å². The number of carbonyl (C=O) groups is 2. The maximum atomic E-state index is 14.1. The van der Waals surface area contributed by atoms with Crippen molar-refractivity contribution in [2.24, 2.45) is 0 Å². The summed E-state index contributed by atoms with van der Waals surface area (Å²) in [4.78, 5) is 39.2. The van der Waals surface area contributed by atoms with Crippen molar-refractivity contribution in [1.29, 1.82) is 0 Å². The average Bonchev–Trinajstić information content (AvgIpc) is 2.77. The van der Waals surface area contributed by atoms with Crippen molar-refractivity contribution >= 4 is 11.8 Å². The molecule has 0 bridgehead atoms. The zero-order valence-electron chi connectivity index (χ0n) is 24.1. The van der Waals surface area contributed by atoms with Crippen LogP contribution in [0.5, 0.6) is 5.75 Å². The molecule has 0 spiro atoms. The number of amides is 2. The summed E-state index contributed by atoms with van der Waals surface area (Å²) in [5.74, 6) is -7.08. The summed E-state index contributed by atoms with van der Waals surface area (Å²) < 4.78 is 106. The van der Waals surface area contributed by atoms with Gasteiger partial charge in [0.25, 0.3) is 11.8 Å². The molecule has 0 unspecified atom stereocenters. The van der Waals surface area contributed by atoms with E-state index in [1.54, 1.807) is 5.32 Å². The number of pyridine rings is 1. The van der Waals surface area contributed by atoms with Gasteiger partial charge in [-0.15, -0.1) is 0 Å². The van der Waals surface area contributed by atoms with E-state index in [2.05, 4.69) is 0 Å². The van der Waals surface area contributed by atoms with E-state index >= 15 is 0 Å². The zero-order valence-corrected chi connectivity index (χ0v) is 15.1. The Morgan fingerprint density at radius 1 is 1.47 bits per heavy atom. The van der Waals surface area contributed by atoms with Crippen molar-refractivity contribution in [3.63, 3.8) is 0 Å². The fraction of sp³-hybridized carbons (Fsp3) is 0.350. The normalized spacial score (nSPS) is 32.9. The highest BCUT2D eigenvalue weighted by Gasteiger charge is 2.41. The number of aromatic hydroxyl groups is 1. The van der Waals surface area contributed by atoms with Crippen LogP contribution in [-0.2, 0) is 17.7 Å². The number of nitrogens with one attached hydrogen (secondary N) is 1. The lowest BCUT2D eigenvalue weighted by atomic mass is 10.1. The first kappa shape index (κ1) is 11.8. The Kier molecular flexibility index (Phi) is 2.96. The van der Waals surface area contributed by atoms with Crippen LogP contribution in [0.15, 0.2) is 29.2 Å². The minimum atomic E-state index is -3.39. The van der Waals surface area contributed by atoms with Crippen LogP contribution in [0.25, 0.3) is 0 Å². The van der Waals surface area contributed by atoms with E-state index in [-0.39, 0.29) is 9.47 Å². The molecule has 4 rings (SSSR count). The Hall–Kier alpha value is -3.27. The molecule has 1 fully saturated rings. The number of aromatic nitrogens is 1. The number of benzene rings is 1. The van der Waals surface area contributed by atoms with Crippen molar-refractivity contribution in [2.45, 2.75) is 38.5 Å². The second-order valence-electron chi connectivity index (χ2n) is 6.26. The topological polar surface area (TPSA) is 101 Å². The number of rotatable bonds is 3. The third kappa shape index (κ3) is 3.32. The number of hydrogen-bond donors (Lipinski definition) is 2. The summed E-state index contributed by atoms with van der Waals surface area (Å²) in [6, 6.07) is -0.129. The molecule has 2 amide bonds. The molecule has 30 heavy (non-hydrogen) atoms. The molecule has 8 nitrogen and oxygen atoms in total. The van der Waals surface area contributed by atoms with Crippen LogP contribution in [0, 0.1) is 11.6 Å². The maximum Gasteiger partial charge on any atom is 0.276 e. The fourth-order valence-electron chi connectivity index (χ4n) is 2.85. The Morgan fingerprint density at radius 3 is 2.97 bits per heavy atom. The van der Waals surface area contributed by atoms with Gasteiger partial charge in [0.1, 0.15) is 17.2 Å². The molecule has 158 valence electrons. The molecule has 1 aromatic heterocycles. The number of fused-ring (bicyclic) bond motifs is 2. The van der Waals surface area contributed by atoms with Crippen LogP contribution in [0.4, 0.5) is 8.78 Å². The van der Waals surface area contributed by atoms with Gasteiger partial charge in [0.05, 0.1) is 22.7 Å². The number of ether oxygens (including phenoxy) is 1. The van der Waals surface area contributed by atoms with Gasteiger partial charge in [-0.25, -0.2) is 8.78 Å². The maximum absolute atomic E-state index is 14.1. The van der Waals surface area contributed by atoms with Crippen LogP contribution < -0.4 is 10.7 Å². The van der Waals surface area contributed by atoms with E-state index < -0.39 is 89.6 Å². The van der Waals surface area contributed by atoms with Gasteiger partial charge >= 0.3 is 0 Å². The van der Waals surface area contributed by atoms with Crippen molar-refractivity contribution < 1.29 is 40.6 Å². The molecule has 2 N–H and O–H groups in total. The first-order valence-corrected chi connectivity index (χ1v) is 8.43. The van der Waals surface area contributed by atoms with E-state index in [1.165, 1.54) is 0 Å². The lowest BCUT2D eigenvalue weighted by molar-refractivity contribution is -0.112. The van der Waals surface area contributed by atoms with Crippen LogP contribution in [0.3, 0.4) is 0 Å². The lowest BCUT2D eigenvalue weighted by Crippen LogP contribution is -2.57. The fourth-order valence-corrected chi connectivity index (χ4v) is 2.85. The minimum absolute atomic E-state index is 0.155. The molecule has 1 saturated heterocycles. The third-order valence-corrected chi connectivity index (χ3v) is 4.33. The largest absolute Gasteiger partial charge is 0.503 e. The van der Waals surface area contributed by atoms with E-state index in [0.717, 1.165) is 6.92 Å². The predicted molar refractivity (Wildman–Crippen MR) is 99.9 cm³/mol. The van der Waals surface area contributed by atoms with E-state index in [1.807, 2.05) is 0 Å². The number of nitrogens with zero attached hydrogens (tertiary/aromatic N) is 2. The molecular weight excluding hydrogens is 400 g/mol. The molecule has 0 radical (unpaired) electrons. The van der Waals surface area contributed by atoms with E-state index in [9.17, 15) is 28.3 Å². The molecule has 2 aromatic rings.